The summed E-state index contributed by atoms with van der Waals surface area (Å²) in [6.45, 7) is 2.00. The number of nitrogens with one attached hydrogen (secondary N) is 1. The van der Waals surface area contributed by atoms with Gasteiger partial charge in [0.1, 0.15) is 0 Å². The van der Waals surface area contributed by atoms with E-state index < -0.39 is 10.0 Å². The third-order valence-electron chi connectivity index (χ3n) is 1.92. The molecular weight excluding hydrogens is 200 g/mol. The number of nitrogens with two attached hydrogens (primary N) is 1. The van der Waals surface area contributed by atoms with E-state index in [0.717, 1.165) is 12.8 Å². The van der Waals surface area contributed by atoms with Gasteiger partial charge in [-0.2, -0.15) is 0 Å². The first kappa shape index (κ1) is 12.2. The minimum absolute atomic E-state index is 0. The Morgan fingerprint density at radius 2 is 2.00 bits per heavy atom. The Balaban J connectivity index is 0.00000121. The van der Waals surface area contributed by atoms with E-state index in [1.807, 2.05) is 0 Å². The molecule has 0 amide bonds. The lowest BCUT2D eigenvalue weighted by Gasteiger charge is -2.08. The van der Waals surface area contributed by atoms with Gasteiger partial charge in [0.25, 0.3) is 0 Å². The fourth-order valence-electron chi connectivity index (χ4n) is 0.693. The average molecular weight is 215 g/mol. The summed E-state index contributed by atoms with van der Waals surface area (Å²) < 4.78 is 24.3. The smallest absolute Gasteiger partial charge is 0.211 e. The maximum Gasteiger partial charge on any atom is 0.211 e. The topological polar surface area (TPSA) is 72.2 Å². The monoisotopic (exact) mass is 214 g/mol. The first-order valence-electron chi connectivity index (χ1n) is 3.74. The molecular formula is C6H15ClN2O2S. The molecule has 1 aliphatic rings. The van der Waals surface area contributed by atoms with Crippen molar-refractivity contribution in [2.75, 3.05) is 12.3 Å². The highest BCUT2D eigenvalue weighted by Gasteiger charge is 2.38. The van der Waals surface area contributed by atoms with Crippen LogP contribution < -0.4 is 10.5 Å². The molecule has 0 bridgehead atoms. The van der Waals surface area contributed by atoms with Crippen molar-refractivity contribution in [2.24, 2.45) is 5.73 Å². The highest BCUT2D eigenvalue weighted by Crippen LogP contribution is 2.31. The third-order valence-corrected chi connectivity index (χ3v) is 3.26. The van der Waals surface area contributed by atoms with E-state index in [9.17, 15) is 8.42 Å². The molecule has 0 unspecified atom stereocenters. The molecule has 0 atom stereocenters. The van der Waals surface area contributed by atoms with Crippen LogP contribution in [0.15, 0.2) is 0 Å². The predicted molar refractivity (Wildman–Crippen MR) is 50.9 cm³/mol. The van der Waals surface area contributed by atoms with E-state index in [1.54, 1.807) is 6.92 Å². The van der Waals surface area contributed by atoms with Gasteiger partial charge in [-0.25, -0.2) is 13.1 Å². The molecule has 1 saturated carbocycles. The van der Waals surface area contributed by atoms with Crippen molar-refractivity contribution in [3.8, 4) is 0 Å². The highest BCUT2D eigenvalue weighted by molar-refractivity contribution is 7.89. The second kappa shape index (κ2) is 3.91. The summed E-state index contributed by atoms with van der Waals surface area (Å²) in [5.41, 5.74) is 5.45. The fourth-order valence-corrected chi connectivity index (χ4v) is 1.40. The van der Waals surface area contributed by atoms with Gasteiger partial charge in [0.2, 0.25) is 10.0 Å². The summed E-state index contributed by atoms with van der Waals surface area (Å²) in [6, 6.07) is 0. The van der Waals surface area contributed by atoms with Crippen LogP contribution in [0.2, 0.25) is 0 Å². The van der Waals surface area contributed by atoms with Crippen molar-refractivity contribution in [2.45, 2.75) is 25.3 Å². The molecule has 0 aliphatic heterocycles. The molecule has 0 aromatic rings. The zero-order chi connectivity index (χ0) is 8.54. The van der Waals surface area contributed by atoms with Crippen LogP contribution in [0.3, 0.4) is 0 Å². The standard InChI is InChI=1S/C6H14N2O2S.ClH/c1-2-11(9,10)8-5-6(7)3-4-6;/h8H,2-5,7H2,1H3;1H. The Hall–Kier alpha value is 0.160. The third kappa shape index (κ3) is 3.71. The van der Waals surface area contributed by atoms with Crippen molar-refractivity contribution in [1.29, 1.82) is 0 Å². The SMILES string of the molecule is CCS(=O)(=O)NCC1(N)CC1.Cl. The summed E-state index contributed by atoms with van der Waals surface area (Å²) >= 11 is 0. The van der Waals surface area contributed by atoms with Gasteiger partial charge in [-0.15, -0.1) is 12.4 Å². The molecule has 1 rings (SSSR count). The van der Waals surface area contributed by atoms with Crippen LogP contribution in [0, 0.1) is 0 Å². The Bertz CT molecular complexity index is 236. The lowest BCUT2D eigenvalue weighted by molar-refractivity contribution is 0.566. The molecule has 0 saturated heterocycles. The molecule has 0 heterocycles. The molecule has 12 heavy (non-hydrogen) atoms. The molecule has 1 aliphatic carbocycles. The molecule has 3 N–H and O–H groups in total. The van der Waals surface area contributed by atoms with Gasteiger partial charge in [0.15, 0.2) is 0 Å². The number of hydrogen-bond acceptors (Lipinski definition) is 3. The molecule has 0 radical (unpaired) electrons. The van der Waals surface area contributed by atoms with Gasteiger partial charge >= 0.3 is 0 Å². The molecule has 0 aromatic carbocycles. The number of halogens is 1. The van der Waals surface area contributed by atoms with Crippen LogP contribution in [0.5, 0.6) is 0 Å². The van der Waals surface area contributed by atoms with Crippen LogP contribution in [0.1, 0.15) is 19.8 Å². The van der Waals surface area contributed by atoms with Crippen LogP contribution in [-0.2, 0) is 10.0 Å². The quantitative estimate of drug-likeness (QED) is 0.683. The maximum absolute atomic E-state index is 10.9. The summed E-state index contributed by atoms with van der Waals surface area (Å²) in [5.74, 6) is 0.128. The lowest BCUT2D eigenvalue weighted by atomic mass is 10.3. The second-order valence-corrected chi connectivity index (χ2v) is 5.18. The van der Waals surface area contributed by atoms with E-state index in [2.05, 4.69) is 4.72 Å². The minimum atomic E-state index is -3.04. The highest BCUT2D eigenvalue weighted by atomic mass is 35.5. The maximum atomic E-state index is 10.9. The summed E-state index contributed by atoms with van der Waals surface area (Å²) in [7, 11) is -3.04. The van der Waals surface area contributed by atoms with Gasteiger partial charge in [-0.05, 0) is 19.8 Å². The van der Waals surface area contributed by atoms with Crippen molar-refractivity contribution in [3.05, 3.63) is 0 Å². The van der Waals surface area contributed by atoms with Crippen molar-refractivity contribution in [1.82, 2.24) is 4.72 Å². The van der Waals surface area contributed by atoms with E-state index in [1.165, 1.54) is 0 Å². The molecule has 6 heteroatoms. The van der Waals surface area contributed by atoms with Crippen LogP contribution >= 0.6 is 12.4 Å². The number of rotatable bonds is 4. The zero-order valence-corrected chi connectivity index (χ0v) is 8.67. The number of sulfonamides is 1. The van der Waals surface area contributed by atoms with Gasteiger partial charge < -0.3 is 5.73 Å². The van der Waals surface area contributed by atoms with Crippen molar-refractivity contribution < 1.29 is 8.42 Å². The molecule has 1 fully saturated rings. The Morgan fingerprint density at radius 3 is 2.33 bits per heavy atom. The molecule has 0 aromatic heterocycles. The largest absolute Gasteiger partial charge is 0.324 e. The van der Waals surface area contributed by atoms with Gasteiger partial charge in [-0.1, -0.05) is 0 Å². The first-order chi connectivity index (χ1) is 4.97. The average Bonchev–Trinajstić information content (AvgIpc) is 2.66. The van der Waals surface area contributed by atoms with E-state index in [-0.39, 0.29) is 23.7 Å². The van der Waals surface area contributed by atoms with Gasteiger partial charge in [0.05, 0.1) is 5.75 Å². The molecule has 4 nitrogen and oxygen atoms in total. The predicted octanol–water partition coefficient (Wildman–Crippen LogP) is -0.161. The van der Waals surface area contributed by atoms with Gasteiger partial charge in [0, 0.05) is 12.1 Å². The molecule has 0 spiro atoms. The van der Waals surface area contributed by atoms with Crippen LogP contribution in [-0.4, -0.2) is 26.3 Å². The van der Waals surface area contributed by atoms with E-state index >= 15 is 0 Å². The Morgan fingerprint density at radius 1 is 1.50 bits per heavy atom. The molecule has 74 valence electrons. The lowest BCUT2D eigenvalue weighted by Crippen LogP contribution is -2.39. The van der Waals surface area contributed by atoms with Crippen LogP contribution in [0.25, 0.3) is 0 Å². The number of hydrogen-bond donors (Lipinski definition) is 2. The summed E-state index contributed by atoms with van der Waals surface area (Å²) in [4.78, 5) is 0. The fraction of sp³-hybridized carbons (Fsp3) is 1.00. The van der Waals surface area contributed by atoms with Crippen molar-refractivity contribution >= 4 is 22.4 Å². The Kier molecular flexibility index (Phi) is 3.96. The summed E-state index contributed by atoms with van der Waals surface area (Å²) in [5, 5.41) is 0. The first-order valence-corrected chi connectivity index (χ1v) is 5.39. The normalized spacial score (nSPS) is 19.8. The Labute approximate surface area is 79.4 Å². The van der Waals surface area contributed by atoms with Gasteiger partial charge in [-0.3, -0.25) is 0 Å². The second-order valence-electron chi connectivity index (χ2n) is 3.09. The summed E-state index contributed by atoms with van der Waals surface area (Å²) in [6.07, 6.45) is 1.86. The van der Waals surface area contributed by atoms with Crippen LogP contribution in [0.4, 0.5) is 0 Å². The minimum Gasteiger partial charge on any atom is -0.324 e. The van der Waals surface area contributed by atoms with E-state index in [4.69, 9.17) is 5.73 Å². The van der Waals surface area contributed by atoms with Crippen molar-refractivity contribution in [3.63, 3.8) is 0 Å². The zero-order valence-electron chi connectivity index (χ0n) is 7.04. The van der Waals surface area contributed by atoms with E-state index in [0.29, 0.717) is 6.54 Å².